The van der Waals surface area contributed by atoms with Crippen molar-refractivity contribution in [1.82, 2.24) is 10.2 Å². The van der Waals surface area contributed by atoms with Crippen LogP contribution < -0.4 is 5.32 Å². The number of hydrogen-bond acceptors (Lipinski definition) is 3. The molecule has 0 bridgehead atoms. The van der Waals surface area contributed by atoms with Gasteiger partial charge in [0.05, 0.1) is 12.7 Å². The van der Waals surface area contributed by atoms with E-state index in [0.29, 0.717) is 18.2 Å². The van der Waals surface area contributed by atoms with Crippen LogP contribution in [0.4, 0.5) is 0 Å². The van der Waals surface area contributed by atoms with Crippen molar-refractivity contribution in [2.75, 3.05) is 26.2 Å². The molecule has 1 heterocycles. The number of piperazine rings is 1. The molecule has 1 aromatic carbocycles. The molecule has 0 radical (unpaired) electrons. The maximum absolute atomic E-state index is 5.67. The van der Waals surface area contributed by atoms with Crippen LogP contribution in [0.1, 0.15) is 32.4 Å². The fourth-order valence-electron chi connectivity index (χ4n) is 2.55. The zero-order chi connectivity index (χ0) is 13.7. The van der Waals surface area contributed by atoms with Gasteiger partial charge in [-0.2, -0.15) is 0 Å². The first kappa shape index (κ1) is 14.5. The van der Waals surface area contributed by atoms with Crippen LogP contribution in [0.5, 0.6) is 0 Å². The molecule has 2 atom stereocenters. The second-order valence-electron chi connectivity index (χ2n) is 5.64. The molecular weight excluding hydrogens is 236 g/mol. The van der Waals surface area contributed by atoms with Crippen LogP contribution in [0.3, 0.4) is 0 Å². The average molecular weight is 262 g/mol. The molecule has 0 saturated carbocycles. The van der Waals surface area contributed by atoms with E-state index < -0.39 is 0 Å². The lowest BCUT2D eigenvalue weighted by molar-refractivity contribution is 0.0395. The second-order valence-corrected chi connectivity index (χ2v) is 5.64. The molecule has 19 heavy (non-hydrogen) atoms. The zero-order valence-corrected chi connectivity index (χ0v) is 12.3. The molecule has 0 amide bonds. The molecule has 0 spiro atoms. The normalized spacial score (nSPS) is 24.8. The predicted octanol–water partition coefficient (Wildman–Crippen LogP) is 2.45. The van der Waals surface area contributed by atoms with Gasteiger partial charge in [-0.25, -0.2) is 0 Å². The lowest BCUT2D eigenvalue weighted by Gasteiger charge is -2.39. The quantitative estimate of drug-likeness (QED) is 0.882. The molecule has 0 aromatic heterocycles. The van der Waals surface area contributed by atoms with Crippen molar-refractivity contribution in [2.45, 2.75) is 39.0 Å². The van der Waals surface area contributed by atoms with Crippen LogP contribution >= 0.6 is 0 Å². The monoisotopic (exact) mass is 262 g/mol. The van der Waals surface area contributed by atoms with E-state index in [1.807, 2.05) is 0 Å². The summed E-state index contributed by atoms with van der Waals surface area (Å²) in [6.45, 7) is 10.4. The van der Waals surface area contributed by atoms with E-state index in [9.17, 15) is 0 Å². The van der Waals surface area contributed by atoms with Crippen LogP contribution in [-0.4, -0.2) is 43.3 Å². The van der Waals surface area contributed by atoms with E-state index in [0.717, 1.165) is 26.2 Å². The minimum atomic E-state index is 0.322. The van der Waals surface area contributed by atoms with Crippen LogP contribution in [0.15, 0.2) is 30.3 Å². The topological polar surface area (TPSA) is 24.5 Å². The van der Waals surface area contributed by atoms with Gasteiger partial charge in [0, 0.05) is 31.7 Å². The van der Waals surface area contributed by atoms with Crippen LogP contribution in [0, 0.1) is 0 Å². The highest BCUT2D eigenvalue weighted by molar-refractivity contribution is 5.20. The minimum absolute atomic E-state index is 0.322. The first-order valence-corrected chi connectivity index (χ1v) is 7.31. The van der Waals surface area contributed by atoms with Gasteiger partial charge in [-0.1, -0.05) is 30.3 Å². The highest BCUT2D eigenvalue weighted by Gasteiger charge is 2.25. The second kappa shape index (κ2) is 7.04. The fraction of sp³-hybridized carbons (Fsp3) is 0.625. The largest absolute Gasteiger partial charge is 0.377 e. The summed E-state index contributed by atoms with van der Waals surface area (Å²) in [5.74, 6) is 0. The van der Waals surface area contributed by atoms with Gasteiger partial charge in [0.2, 0.25) is 0 Å². The summed E-state index contributed by atoms with van der Waals surface area (Å²) in [5.41, 5.74) is 1.38. The van der Waals surface area contributed by atoms with Gasteiger partial charge in [0.15, 0.2) is 0 Å². The Morgan fingerprint density at radius 1 is 1.32 bits per heavy atom. The highest BCUT2D eigenvalue weighted by atomic mass is 16.5. The Morgan fingerprint density at radius 2 is 2.05 bits per heavy atom. The molecule has 1 aromatic rings. The third-order valence-electron chi connectivity index (χ3n) is 3.73. The first-order chi connectivity index (χ1) is 9.16. The van der Waals surface area contributed by atoms with E-state index in [-0.39, 0.29) is 0 Å². The zero-order valence-electron chi connectivity index (χ0n) is 12.3. The molecule has 1 aliphatic rings. The molecule has 1 fully saturated rings. The van der Waals surface area contributed by atoms with E-state index in [2.05, 4.69) is 61.3 Å². The van der Waals surface area contributed by atoms with Crippen molar-refractivity contribution in [3.8, 4) is 0 Å². The molecule has 1 aliphatic heterocycles. The van der Waals surface area contributed by atoms with Crippen molar-refractivity contribution in [1.29, 1.82) is 0 Å². The first-order valence-electron chi connectivity index (χ1n) is 7.31. The maximum Gasteiger partial charge on any atom is 0.0597 e. The number of nitrogens with one attached hydrogen (secondary N) is 1. The van der Waals surface area contributed by atoms with Crippen molar-refractivity contribution in [3.05, 3.63) is 35.9 Å². The molecule has 2 unspecified atom stereocenters. The van der Waals surface area contributed by atoms with Gasteiger partial charge >= 0.3 is 0 Å². The summed E-state index contributed by atoms with van der Waals surface area (Å²) in [5, 5.41) is 3.63. The number of rotatable bonds is 5. The molecule has 3 heteroatoms. The number of hydrogen-bond donors (Lipinski definition) is 1. The van der Waals surface area contributed by atoms with Gasteiger partial charge < -0.3 is 10.1 Å². The minimum Gasteiger partial charge on any atom is -0.377 e. The fourth-order valence-corrected chi connectivity index (χ4v) is 2.55. The Balaban J connectivity index is 1.89. The van der Waals surface area contributed by atoms with Crippen LogP contribution in [-0.2, 0) is 4.74 Å². The van der Waals surface area contributed by atoms with E-state index in [4.69, 9.17) is 4.74 Å². The Kier molecular flexibility index (Phi) is 5.37. The highest BCUT2D eigenvalue weighted by Crippen LogP contribution is 2.19. The van der Waals surface area contributed by atoms with Gasteiger partial charge in [-0.3, -0.25) is 4.90 Å². The average Bonchev–Trinajstić information content (AvgIpc) is 2.41. The SMILES string of the molecule is CC(C)OCCN1CC(c2ccccc2)NCC1C. The summed E-state index contributed by atoms with van der Waals surface area (Å²) in [6, 6.07) is 11.7. The lowest BCUT2D eigenvalue weighted by Crippen LogP contribution is -2.52. The van der Waals surface area contributed by atoms with Crippen molar-refractivity contribution < 1.29 is 4.74 Å². The summed E-state index contributed by atoms with van der Waals surface area (Å²) < 4.78 is 5.67. The molecular formula is C16H26N2O. The summed E-state index contributed by atoms with van der Waals surface area (Å²) in [7, 11) is 0. The molecule has 1 saturated heterocycles. The van der Waals surface area contributed by atoms with Gasteiger partial charge in [-0.05, 0) is 26.3 Å². The molecule has 3 nitrogen and oxygen atoms in total. The van der Waals surface area contributed by atoms with Crippen LogP contribution in [0.2, 0.25) is 0 Å². The van der Waals surface area contributed by atoms with Gasteiger partial charge in [0.1, 0.15) is 0 Å². The Morgan fingerprint density at radius 3 is 2.74 bits per heavy atom. The third-order valence-corrected chi connectivity index (χ3v) is 3.73. The summed E-state index contributed by atoms with van der Waals surface area (Å²) >= 11 is 0. The Bertz CT molecular complexity index is 366. The van der Waals surface area contributed by atoms with Crippen molar-refractivity contribution >= 4 is 0 Å². The predicted molar refractivity (Wildman–Crippen MR) is 79.3 cm³/mol. The van der Waals surface area contributed by atoms with Crippen LogP contribution in [0.25, 0.3) is 0 Å². The van der Waals surface area contributed by atoms with E-state index in [1.165, 1.54) is 5.56 Å². The maximum atomic E-state index is 5.67. The number of benzene rings is 1. The number of ether oxygens (including phenoxy) is 1. The van der Waals surface area contributed by atoms with E-state index in [1.54, 1.807) is 0 Å². The Hall–Kier alpha value is -0.900. The molecule has 0 aliphatic carbocycles. The van der Waals surface area contributed by atoms with Gasteiger partial charge in [-0.15, -0.1) is 0 Å². The van der Waals surface area contributed by atoms with Gasteiger partial charge in [0.25, 0.3) is 0 Å². The van der Waals surface area contributed by atoms with Crippen molar-refractivity contribution in [3.63, 3.8) is 0 Å². The summed E-state index contributed by atoms with van der Waals surface area (Å²) in [6.07, 6.45) is 0.322. The Labute approximate surface area is 116 Å². The molecule has 2 rings (SSSR count). The van der Waals surface area contributed by atoms with Crippen molar-refractivity contribution in [2.24, 2.45) is 0 Å². The third kappa shape index (κ3) is 4.30. The number of nitrogens with zero attached hydrogens (tertiary/aromatic N) is 1. The summed E-state index contributed by atoms with van der Waals surface area (Å²) in [4.78, 5) is 2.52. The smallest absolute Gasteiger partial charge is 0.0597 e. The molecule has 106 valence electrons. The molecule has 1 N–H and O–H groups in total. The standard InChI is InChI=1S/C16H26N2O/c1-13(2)19-10-9-18-12-16(17-11-14(18)3)15-7-5-4-6-8-15/h4-8,13-14,16-17H,9-12H2,1-3H3. The van der Waals surface area contributed by atoms with E-state index >= 15 is 0 Å². The lowest BCUT2D eigenvalue weighted by atomic mass is 10.0.